The molecule has 2 bridgehead atoms. The molecule has 6 atom stereocenters. The van der Waals surface area contributed by atoms with Crippen LogP contribution in [-0.2, 0) is 14.3 Å². The minimum absolute atomic E-state index is 0.101. The van der Waals surface area contributed by atoms with Gasteiger partial charge in [-0.1, -0.05) is 27.2 Å². The minimum Gasteiger partial charge on any atom is -0.458 e. The largest absolute Gasteiger partial charge is 0.458 e. The molecule has 0 radical (unpaired) electrons. The number of carbonyl (C=O) groups excluding carboxylic acids is 1. The predicted octanol–water partition coefficient (Wildman–Crippen LogP) is 2.76. The van der Waals surface area contributed by atoms with E-state index in [0.717, 1.165) is 18.8 Å². The van der Waals surface area contributed by atoms with Crippen molar-refractivity contribution >= 4 is 5.97 Å². The molecule has 3 fully saturated rings. The maximum absolute atomic E-state index is 12.0. The lowest BCUT2D eigenvalue weighted by molar-refractivity contribution is -0.214. The topological polar surface area (TPSA) is 47.6 Å². The standard InChI is InChI=1S/C18H31NO3/c1-11(2)18-8-13-12(3)6-7-14(13)17(4,22-18)15(9-18)21-16(20)10-19-5/h11-15,19H,6-10H2,1-5H3/t12?,13-,14?,15?,17+,18?/m1/s1. The third-order valence-electron chi connectivity index (χ3n) is 6.74. The normalized spacial score (nSPS) is 46.8. The summed E-state index contributed by atoms with van der Waals surface area (Å²) in [7, 11) is 1.77. The Bertz CT molecular complexity index is 452. The van der Waals surface area contributed by atoms with E-state index < -0.39 is 0 Å². The van der Waals surface area contributed by atoms with Crippen molar-refractivity contribution in [1.29, 1.82) is 0 Å². The summed E-state index contributed by atoms with van der Waals surface area (Å²) in [5.41, 5.74) is -0.416. The van der Waals surface area contributed by atoms with E-state index in [0.29, 0.717) is 17.8 Å². The van der Waals surface area contributed by atoms with Gasteiger partial charge in [0.15, 0.2) is 0 Å². The van der Waals surface area contributed by atoms with Crippen LogP contribution in [0.2, 0.25) is 0 Å². The highest BCUT2D eigenvalue weighted by Crippen LogP contribution is 2.62. The maximum Gasteiger partial charge on any atom is 0.320 e. The molecule has 4 nitrogen and oxygen atoms in total. The lowest BCUT2D eigenvalue weighted by atomic mass is 9.72. The van der Waals surface area contributed by atoms with Crippen LogP contribution in [0.1, 0.15) is 53.4 Å². The second kappa shape index (κ2) is 5.48. The molecule has 22 heavy (non-hydrogen) atoms. The average Bonchev–Trinajstić information content (AvgIpc) is 2.90. The molecule has 2 heterocycles. The van der Waals surface area contributed by atoms with Crippen molar-refractivity contribution in [2.24, 2.45) is 23.7 Å². The summed E-state index contributed by atoms with van der Waals surface area (Å²) in [4.78, 5) is 12.0. The van der Waals surface area contributed by atoms with Gasteiger partial charge in [0.2, 0.25) is 0 Å². The zero-order chi connectivity index (χ0) is 16.1. The molecule has 126 valence electrons. The third kappa shape index (κ3) is 2.30. The highest BCUT2D eigenvalue weighted by molar-refractivity contribution is 5.72. The Balaban J connectivity index is 1.89. The second-order valence-electron chi connectivity index (χ2n) is 8.25. The van der Waals surface area contributed by atoms with Gasteiger partial charge in [0.1, 0.15) is 11.7 Å². The number of hydrogen-bond acceptors (Lipinski definition) is 4. The molecule has 2 saturated heterocycles. The van der Waals surface area contributed by atoms with Gasteiger partial charge in [-0.2, -0.15) is 0 Å². The molecule has 1 saturated carbocycles. The SMILES string of the molecule is CNCC(=O)OC1CC2(C(C)C)C[C@@H]3C(C)CCC3[C@]1(C)O2. The van der Waals surface area contributed by atoms with Crippen LogP contribution in [0.25, 0.3) is 0 Å². The average molecular weight is 309 g/mol. The van der Waals surface area contributed by atoms with E-state index in [1.165, 1.54) is 12.8 Å². The molecular formula is C18H31NO3. The molecule has 0 aromatic rings. The van der Waals surface area contributed by atoms with Crippen molar-refractivity contribution in [3.63, 3.8) is 0 Å². The zero-order valence-electron chi connectivity index (χ0n) is 14.6. The van der Waals surface area contributed by atoms with E-state index in [1.807, 2.05) is 0 Å². The Morgan fingerprint density at radius 2 is 2.09 bits per heavy atom. The Hall–Kier alpha value is -0.610. The van der Waals surface area contributed by atoms with Gasteiger partial charge in [-0.3, -0.25) is 4.79 Å². The molecule has 0 aromatic carbocycles. The summed E-state index contributed by atoms with van der Waals surface area (Å²) in [6.07, 6.45) is 4.37. The van der Waals surface area contributed by atoms with Crippen LogP contribution in [0, 0.1) is 23.7 Å². The monoisotopic (exact) mass is 309 g/mol. The van der Waals surface area contributed by atoms with Gasteiger partial charge < -0.3 is 14.8 Å². The molecular weight excluding hydrogens is 278 g/mol. The highest BCUT2D eigenvalue weighted by atomic mass is 16.6. The Morgan fingerprint density at radius 1 is 1.36 bits per heavy atom. The van der Waals surface area contributed by atoms with Crippen molar-refractivity contribution in [3.05, 3.63) is 0 Å². The molecule has 1 aliphatic carbocycles. The lowest BCUT2D eigenvalue weighted by Gasteiger charge is -2.48. The highest BCUT2D eigenvalue weighted by Gasteiger charge is 2.66. The van der Waals surface area contributed by atoms with E-state index in [2.05, 4.69) is 33.0 Å². The van der Waals surface area contributed by atoms with Crippen molar-refractivity contribution < 1.29 is 14.3 Å². The smallest absolute Gasteiger partial charge is 0.320 e. The molecule has 2 aliphatic heterocycles. The van der Waals surface area contributed by atoms with E-state index in [4.69, 9.17) is 9.47 Å². The summed E-state index contributed by atoms with van der Waals surface area (Å²) >= 11 is 0. The lowest BCUT2D eigenvalue weighted by Crippen LogP contribution is -2.53. The third-order valence-corrected chi connectivity index (χ3v) is 6.74. The van der Waals surface area contributed by atoms with Gasteiger partial charge in [0.25, 0.3) is 0 Å². The Kier molecular flexibility index (Phi) is 4.05. The van der Waals surface area contributed by atoms with Crippen LogP contribution >= 0.6 is 0 Å². The van der Waals surface area contributed by atoms with Crippen molar-refractivity contribution in [2.45, 2.75) is 70.7 Å². The molecule has 3 rings (SSSR count). The first kappa shape index (κ1) is 16.3. The maximum atomic E-state index is 12.0. The van der Waals surface area contributed by atoms with Crippen LogP contribution < -0.4 is 5.32 Å². The number of likely N-dealkylation sites (N-methyl/N-ethyl adjacent to an activating group) is 1. The van der Waals surface area contributed by atoms with Crippen LogP contribution in [0.4, 0.5) is 0 Å². The molecule has 1 N–H and O–H groups in total. The van der Waals surface area contributed by atoms with Crippen LogP contribution in [0.15, 0.2) is 0 Å². The first-order valence-electron chi connectivity index (χ1n) is 8.86. The number of ether oxygens (including phenoxy) is 2. The van der Waals surface area contributed by atoms with Gasteiger partial charge >= 0.3 is 5.97 Å². The van der Waals surface area contributed by atoms with E-state index >= 15 is 0 Å². The number of rotatable bonds is 4. The van der Waals surface area contributed by atoms with Crippen molar-refractivity contribution in [1.82, 2.24) is 5.32 Å². The number of hydrogen-bond donors (Lipinski definition) is 1. The number of nitrogens with one attached hydrogen (secondary N) is 1. The summed E-state index contributed by atoms with van der Waals surface area (Å²) in [5.74, 6) is 2.30. The molecule has 0 amide bonds. The fraction of sp³-hybridized carbons (Fsp3) is 0.944. The van der Waals surface area contributed by atoms with Gasteiger partial charge in [-0.15, -0.1) is 0 Å². The van der Waals surface area contributed by atoms with Gasteiger partial charge in [0.05, 0.1) is 12.1 Å². The number of esters is 1. The first-order valence-corrected chi connectivity index (χ1v) is 8.86. The second-order valence-corrected chi connectivity index (χ2v) is 8.25. The van der Waals surface area contributed by atoms with Gasteiger partial charge in [-0.05, 0) is 50.5 Å². The van der Waals surface area contributed by atoms with E-state index in [1.54, 1.807) is 7.05 Å². The molecule has 4 heteroatoms. The van der Waals surface area contributed by atoms with E-state index in [-0.39, 0.29) is 29.8 Å². The summed E-state index contributed by atoms with van der Waals surface area (Å²) < 4.78 is 12.6. The summed E-state index contributed by atoms with van der Waals surface area (Å²) in [5, 5.41) is 2.88. The molecule has 3 aliphatic rings. The number of fused-ring (bicyclic) bond motifs is 4. The van der Waals surface area contributed by atoms with Crippen molar-refractivity contribution in [3.8, 4) is 0 Å². The number of carbonyl (C=O) groups is 1. The predicted molar refractivity (Wildman–Crippen MR) is 85.5 cm³/mol. The van der Waals surface area contributed by atoms with Gasteiger partial charge in [-0.25, -0.2) is 0 Å². The molecule has 4 unspecified atom stereocenters. The quantitative estimate of drug-likeness (QED) is 0.811. The van der Waals surface area contributed by atoms with Gasteiger partial charge in [0, 0.05) is 6.42 Å². The van der Waals surface area contributed by atoms with Crippen LogP contribution in [-0.4, -0.2) is 36.9 Å². The first-order chi connectivity index (χ1) is 10.3. The van der Waals surface area contributed by atoms with Crippen molar-refractivity contribution in [2.75, 3.05) is 13.6 Å². The van der Waals surface area contributed by atoms with Crippen LogP contribution in [0.3, 0.4) is 0 Å². The molecule has 0 spiro atoms. The van der Waals surface area contributed by atoms with Crippen LogP contribution in [0.5, 0.6) is 0 Å². The fourth-order valence-corrected chi connectivity index (χ4v) is 5.32. The zero-order valence-corrected chi connectivity index (χ0v) is 14.6. The minimum atomic E-state index is -0.304. The summed E-state index contributed by atoms with van der Waals surface area (Å²) in [6.45, 7) is 9.35. The fourth-order valence-electron chi connectivity index (χ4n) is 5.32. The Labute approximate surface area is 134 Å². The Morgan fingerprint density at radius 3 is 2.73 bits per heavy atom. The van der Waals surface area contributed by atoms with E-state index in [9.17, 15) is 4.79 Å². The molecule has 0 aromatic heterocycles. The summed E-state index contributed by atoms with van der Waals surface area (Å²) in [6, 6.07) is 0.